The zero-order valence-corrected chi connectivity index (χ0v) is 12.0. The van der Waals surface area contributed by atoms with Crippen molar-refractivity contribution in [1.29, 1.82) is 5.26 Å². The SMILES string of the molecule is N#Cc1ccc(S(=O)(=O)NC2CN3CCC2CC3)s1. The Morgan fingerprint density at radius 3 is 2.63 bits per heavy atom. The van der Waals surface area contributed by atoms with E-state index < -0.39 is 10.0 Å². The molecule has 7 heteroatoms. The molecule has 0 aliphatic carbocycles. The van der Waals surface area contributed by atoms with Crippen molar-refractivity contribution < 1.29 is 8.42 Å². The molecule has 3 aliphatic heterocycles. The van der Waals surface area contributed by atoms with Crippen molar-refractivity contribution >= 4 is 21.4 Å². The van der Waals surface area contributed by atoms with E-state index in [1.54, 1.807) is 6.07 Å². The second-order valence-corrected chi connectivity index (χ2v) is 8.12. The highest BCUT2D eigenvalue weighted by Crippen LogP contribution is 2.29. The lowest BCUT2D eigenvalue weighted by Gasteiger charge is -2.44. The van der Waals surface area contributed by atoms with Crippen molar-refractivity contribution in [3.8, 4) is 6.07 Å². The van der Waals surface area contributed by atoms with Gasteiger partial charge in [-0.1, -0.05) is 0 Å². The van der Waals surface area contributed by atoms with Gasteiger partial charge in [-0.3, -0.25) is 0 Å². The summed E-state index contributed by atoms with van der Waals surface area (Å²) < 4.78 is 27.6. The highest BCUT2D eigenvalue weighted by Gasteiger charge is 2.36. The second kappa shape index (κ2) is 4.87. The number of hydrogen-bond donors (Lipinski definition) is 1. The first-order chi connectivity index (χ1) is 9.08. The van der Waals surface area contributed by atoms with Crippen molar-refractivity contribution in [1.82, 2.24) is 9.62 Å². The molecular weight excluding hydrogens is 282 g/mol. The normalized spacial score (nSPS) is 30.2. The molecule has 5 nitrogen and oxygen atoms in total. The molecule has 0 saturated carbocycles. The molecule has 0 spiro atoms. The molecule has 102 valence electrons. The Labute approximate surface area is 116 Å². The third-order valence-electron chi connectivity index (χ3n) is 3.92. The third kappa shape index (κ3) is 2.54. The topological polar surface area (TPSA) is 73.2 Å². The number of nitriles is 1. The van der Waals surface area contributed by atoms with Gasteiger partial charge in [0.1, 0.15) is 15.2 Å². The Balaban J connectivity index is 1.77. The Morgan fingerprint density at radius 1 is 1.37 bits per heavy atom. The minimum Gasteiger partial charge on any atom is -0.302 e. The standard InChI is InChI=1S/C12H15N3O2S2/c13-7-10-1-2-12(18-10)19(16,17)14-11-8-15-5-3-9(11)4-6-15/h1-2,9,11,14H,3-6,8H2. The summed E-state index contributed by atoms with van der Waals surface area (Å²) in [7, 11) is -3.48. The maximum atomic E-state index is 12.3. The van der Waals surface area contributed by atoms with Gasteiger partial charge < -0.3 is 4.90 Å². The van der Waals surface area contributed by atoms with E-state index in [2.05, 4.69) is 9.62 Å². The van der Waals surface area contributed by atoms with Gasteiger partial charge in [-0.05, 0) is 44.0 Å². The third-order valence-corrected chi connectivity index (χ3v) is 6.89. The van der Waals surface area contributed by atoms with Crippen LogP contribution in [0.4, 0.5) is 0 Å². The van der Waals surface area contributed by atoms with E-state index in [-0.39, 0.29) is 10.3 Å². The fourth-order valence-electron chi connectivity index (χ4n) is 2.88. The molecule has 3 aliphatic rings. The molecule has 1 unspecified atom stereocenters. The maximum absolute atomic E-state index is 12.3. The smallest absolute Gasteiger partial charge is 0.250 e. The van der Waals surface area contributed by atoms with E-state index >= 15 is 0 Å². The maximum Gasteiger partial charge on any atom is 0.250 e. The van der Waals surface area contributed by atoms with Crippen molar-refractivity contribution in [2.24, 2.45) is 5.92 Å². The van der Waals surface area contributed by atoms with Crippen LogP contribution in [-0.4, -0.2) is 39.0 Å². The molecule has 1 aromatic heterocycles. The monoisotopic (exact) mass is 297 g/mol. The zero-order chi connectivity index (χ0) is 13.5. The first kappa shape index (κ1) is 13.1. The molecule has 4 rings (SSSR count). The number of hydrogen-bond acceptors (Lipinski definition) is 5. The van der Waals surface area contributed by atoms with Crippen LogP contribution in [0, 0.1) is 17.2 Å². The average Bonchev–Trinajstić information content (AvgIpc) is 2.89. The number of thiophene rings is 1. The highest BCUT2D eigenvalue weighted by molar-refractivity contribution is 7.91. The van der Waals surface area contributed by atoms with Crippen molar-refractivity contribution in [2.45, 2.75) is 23.1 Å². The van der Waals surface area contributed by atoms with Crippen LogP contribution in [0.1, 0.15) is 17.7 Å². The average molecular weight is 297 g/mol. The summed E-state index contributed by atoms with van der Waals surface area (Å²) in [6.07, 6.45) is 2.14. The van der Waals surface area contributed by atoms with Gasteiger partial charge in [0, 0.05) is 12.6 Å². The van der Waals surface area contributed by atoms with Crippen LogP contribution in [0.25, 0.3) is 0 Å². The lowest BCUT2D eigenvalue weighted by molar-refractivity contribution is 0.0827. The van der Waals surface area contributed by atoms with Gasteiger partial charge in [0.25, 0.3) is 0 Å². The fourth-order valence-corrected chi connectivity index (χ4v) is 5.30. The van der Waals surface area contributed by atoms with Crippen LogP contribution in [-0.2, 0) is 10.0 Å². The van der Waals surface area contributed by atoms with E-state index in [4.69, 9.17) is 5.26 Å². The molecule has 3 fully saturated rings. The number of nitrogens with one attached hydrogen (secondary N) is 1. The zero-order valence-electron chi connectivity index (χ0n) is 10.4. The van der Waals surface area contributed by atoms with Crippen LogP contribution in [0.3, 0.4) is 0 Å². The summed E-state index contributed by atoms with van der Waals surface area (Å²) in [5.41, 5.74) is 0. The molecule has 1 N–H and O–H groups in total. The van der Waals surface area contributed by atoms with Gasteiger partial charge in [-0.2, -0.15) is 5.26 Å². The van der Waals surface area contributed by atoms with Gasteiger partial charge in [0.2, 0.25) is 10.0 Å². The van der Waals surface area contributed by atoms with E-state index in [1.165, 1.54) is 6.07 Å². The molecule has 2 bridgehead atoms. The first-order valence-electron chi connectivity index (χ1n) is 6.33. The van der Waals surface area contributed by atoms with Crippen LogP contribution in [0.5, 0.6) is 0 Å². The molecule has 0 radical (unpaired) electrons. The quantitative estimate of drug-likeness (QED) is 0.903. The number of rotatable bonds is 3. The second-order valence-electron chi connectivity index (χ2n) is 5.10. The molecule has 1 aromatic rings. The highest BCUT2D eigenvalue weighted by atomic mass is 32.2. The van der Waals surface area contributed by atoms with Crippen LogP contribution in [0.15, 0.2) is 16.3 Å². The van der Waals surface area contributed by atoms with Gasteiger partial charge in [0.15, 0.2) is 0 Å². The number of nitrogens with zero attached hydrogens (tertiary/aromatic N) is 2. The summed E-state index contributed by atoms with van der Waals surface area (Å²) >= 11 is 1.02. The Bertz CT molecular complexity index is 609. The number of fused-ring (bicyclic) bond motifs is 3. The van der Waals surface area contributed by atoms with Crippen LogP contribution >= 0.6 is 11.3 Å². The number of piperidine rings is 3. The summed E-state index contributed by atoms with van der Waals surface area (Å²) in [5, 5.41) is 8.76. The van der Waals surface area contributed by atoms with Crippen LogP contribution < -0.4 is 4.72 Å². The van der Waals surface area contributed by atoms with E-state index in [0.717, 1.165) is 43.8 Å². The molecular formula is C12H15N3O2S2. The fraction of sp³-hybridized carbons (Fsp3) is 0.583. The largest absolute Gasteiger partial charge is 0.302 e. The van der Waals surface area contributed by atoms with Gasteiger partial charge in [0.05, 0.1) is 0 Å². The lowest BCUT2D eigenvalue weighted by atomic mass is 9.85. The van der Waals surface area contributed by atoms with Gasteiger partial charge in [-0.25, -0.2) is 13.1 Å². The van der Waals surface area contributed by atoms with Crippen LogP contribution in [0.2, 0.25) is 0 Å². The van der Waals surface area contributed by atoms with Gasteiger partial charge >= 0.3 is 0 Å². The van der Waals surface area contributed by atoms with E-state index in [9.17, 15) is 8.42 Å². The minimum atomic E-state index is -3.48. The summed E-state index contributed by atoms with van der Waals surface area (Å²) in [6, 6.07) is 5.04. The Morgan fingerprint density at radius 2 is 2.11 bits per heavy atom. The molecule has 1 atom stereocenters. The lowest BCUT2D eigenvalue weighted by Crippen LogP contribution is -2.57. The summed E-state index contributed by atoms with van der Waals surface area (Å²) in [5.74, 6) is 0.454. The minimum absolute atomic E-state index is 0.0140. The van der Waals surface area contributed by atoms with Gasteiger partial charge in [-0.15, -0.1) is 11.3 Å². The molecule has 4 heterocycles. The van der Waals surface area contributed by atoms with Crippen molar-refractivity contribution in [3.05, 3.63) is 17.0 Å². The Kier molecular flexibility index (Phi) is 3.35. The molecule has 3 saturated heterocycles. The summed E-state index contributed by atoms with van der Waals surface area (Å²) in [4.78, 5) is 2.73. The molecule has 19 heavy (non-hydrogen) atoms. The molecule has 0 amide bonds. The Hall–Kier alpha value is -0.940. The first-order valence-corrected chi connectivity index (χ1v) is 8.63. The summed E-state index contributed by atoms with van der Waals surface area (Å²) in [6.45, 7) is 2.97. The predicted octanol–water partition coefficient (Wildman–Crippen LogP) is 0.992. The van der Waals surface area contributed by atoms with Crippen molar-refractivity contribution in [3.63, 3.8) is 0 Å². The predicted molar refractivity (Wildman–Crippen MR) is 72.3 cm³/mol. The number of sulfonamides is 1. The molecule has 0 aromatic carbocycles. The van der Waals surface area contributed by atoms with Crippen molar-refractivity contribution in [2.75, 3.05) is 19.6 Å². The van der Waals surface area contributed by atoms with E-state index in [1.807, 2.05) is 6.07 Å². The van der Waals surface area contributed by atoms with E-state index in [0.29, 0.717) is 10.8 Å².